The number of likely N-dealkylation sites (tertiary alicyclic amines) is 1. The molecule has 2 N–H and O–H groups in total. The number of hydrogen-bond donors (Lipinski definition) is 2. The fourth-order valence-electron chi connectivity index (χ4n) is 5.95. The van der Waals surface area contributed by atoms with Crippen LogP contribution in [0.2, 0.25) is 0 Å². The number of methoxy groups -OCH3 is 2. The zero-order valence-corrected chi connectivity index (χ0v) is 33.5. The molecule has 2 fully saturated rings. The first-order valence-electron chi connectivity index (χ1n) is 18.6. The molecule has 2 aromatic carbocycles. The number of allylic oxidation sites excluding steroid dienone is 5. The van der Waals surface area contributed by atoms with E-state index in [1.165, 1.54) is 45.0 Å². The number of hydrogen-bond acceptors (Lipinski definition) is 8. The molecule has 5 rings (SSSR count). The third kappa shape index (κ3) is 14.3. The van der Waals surface area contributed by atoms with E-state index < -0.39 is 11.8 Å². The van der Waals surface area contributed by atoms with Crippen molar-refractivity contribution in [3.63, 3.8) is 0 Å². The first-order chi connectivity index (χ1) is 26.1. The van der Waals surface area contributed by atoms with Gasteiger partial charge in [-0.05, 0) is 128 Å². The molecule has 0 aromatic heterocycles. The smallest absolute Gasteiger partial charge is 0.323 e. The third-order valence-electron chi connectivity index (χ3n) is 9.10. The van der Waals surface area contributed by atoms with E-state index in [2.05, 4.69) is 27.2 Å². The molecular formula is C42H58ClFN4O6. The largest absolute Gasteiger partial charge is 0.497 e. The van der Waals surface area contributed by atoms with Crippen LogP contribution in [0.15, 0.2) is 82.2 Å². The molecule has 2 aromatic rings. The lowest BCUT2D eigenvalue weighted by molar-refractivity contribution is -0.139. The minimum Gasteiger partial charge on any atom is -0.497 e. The third-order valence-corrected chi connectivity index (χ3v) is 9.41. The number of carbonyl (C=O) groups excluding carboxylic acids is 1. The molecule has 0 unspecified atom stereocenters. The molecule has 12 heteroatoms. The molecule has 1 aliphatic carbocycles. The first-order valence-corrected chi connectivity index (χ1v) is 19.0. The van der Waals surface area contributed by atoms with Gasteiger partial charge in [0.2, 0.25) is 0 Å². The van der Waals surface area contributed by atoms with Gasteiger partial charge in [0.05, 0.1) is 42.4 Å². The van der Waals surface area contributed by atoms with Crippen molar-refractivity contribution in [3.05, 3.63) is 94.1 Å². The molecule has 2 saturated heterocycles. The molecule has 0 bridgehead atoms. The van der Waals surface area contributed by atoms with Gasteiger partial charge in [-0.2, -0.15) is 0 Å². The van der Waals surface area contributed by atoms with E-state index in [0.29, 0.717) is 52.5 Å². The highest BCUT2D eigenvalue weighted by atomic mass is 35.5. The number of carbonyl (C=O) groups is 1. The number of rotatable bonds is 13. The number of benzene rings is 2. The van der Waals surface area contributed by atoms with Crippen molar-refractivity contribution >= 4 is 41.5 Å². The zero-order valence-electron chi connectivity index (χ0n) is 32.8. The molecule has 2 heterocycles. The number of halogens is 2. The molecule has 54 heavy (non-hydrogen) atoms. The minimum absolute atomic E-state index is 0.0839. The number of urea groups is 1. The fraction of sp³-hybridized carbons (Fsp3) is 0.476. The maximum Gasteiger partial charge on any atom is 0.323 e. The Morgan fingerprint density at radius 3 is 2.39 bits per heavy atom. The Bertz CT molecular complexity index is 1630. The van der Waals surface area contributed by atoms with E-state index in [1.54, 1.807) is 50.6 Å². The Morgan fingerprint density at radius 2 is 1.80 bits per heavy atom. The number of aryl methyl sites for hydroxylation is 1. The second kappa shape index (κ2) is 23.7. The Hall–Kier alpha value is -4.00. The van der Waals surface area contributed by atoms with Crippen LogP contribution in [0.1, 0.15) is 64.0 Å². The molecule has 2 amide bonds. The lowest BCUT2D eigenvalue weighted by Gasteiger charge is -2.47. The molecular weight excluding hydrogens is 711 g/mol. The van der Waals surface area contributed by atoms with Gasteiger partial charge < -0.3 is 39.2 Å². The Morgan fingerprint density at radius 1 is 1.07 bits per heavy atom. The number of nitrogens with one attached hydrogen (secondary N) is 2. The predicted molar refractivity (Wildman–Crippen MR) is 217 cm³/mol. The summed E-state index contributed by atoms with van der Waals surface area (Å²) in [5, 5.41) is 5.47. The van der Waals surface area contributed by atoms with Gasteiger partial charge in [-0.25, -0.2) is 9.18 Å². The van der Waals surface area contributed by atoms with Gasteiger partial charge in [-0.1, -0.05) is 23.7 Å². The van der Waals surface area contributed by atoms with E-state index in [-0.39, 0.29) is 10.7 Å². The van der Waals surface area contributed by atoms with Crippen LogP contribution in [0, 0.1) is 18.2 Å². The molecule has 2 aliphatic heterocycles. The number of piperidine rings is 1. The first kappa shape index (κ1) is 44.4. The minimum atomic E-state index is -0.605. The number of ether oxygens (including phenoxy) is 5. The Balaban J connectivity index is 0.000000337. The van der Waals surface area contributed by atoms with Crippen LogP contribution >= 0.6 is 11.6 Å². The van der Waals surface area contributed by atoms with Crippen molar-refractivity contribution in [3.8, 4) is 5.75 Å². The molecule has 3 aliphatic rings. The van der Waals surface area contributed by atoms with Crippen molar-refractivity contribution in [2.24, 2.45) is 10.4 Å². The van der Waals surface area contributed by atoms with Crippen LogP contribution in [0.4, 0.5) is 20.6 Å². The van der Waals surface area contributed by atoms with Gasteiger partial charge in [-0.3, -0.25) is 4.99 Å². The van der Waals surface area contributed by atoms with E-state index in [4.69, 9.17) is 35.3 Å². The van der Waals surface area contributed by atoms with Gasteiger partial charge >= 0.3 is 6.03 Å². The summed E-state index contributed by atoms with van der Waals surface area (Å²) in [6.45, 7) is 19.6. The van der Waals surface area contributed by atoms with E-state index in [0.717, 1.165) is 38.6 Å². The summed E-state index contributed by atoms with van der Waals surface area (Å²) in [5.74, 6) is 1.17. The summed E-state index contributed by atoms with van der Waals surface area (Å²) in [6, 6.07) is 9.28. The number of anilines is 1. The molecule has 296 valence electrons. The maximum absolute atomic E-state index is 14.0. The molecule has 0 saturated carbocycles. The van der Waals surface area contributed by atoms with Crippen LogP contribution in [-0.2, 0) is 18.9 Å². The quantitative estimate of drug-likeness (QED) is 0.119. The van der Waals surface area contributed by atoms with E-state index in [1.807, 2.05) is 45.9 Å². The number of nitrogens with zero attached hydrogens (tertiary/aromatic N) is 2. The van der Waals surface area contributed by atoms with E-state index in [9.17, 15) is 9.18 Å². The number of amides is 2. The van der Waals surface area contributed by atoms with Crippen LogP contribution in [-0.4, -0.2) is 84.5 Å². The van der Waals surface area contributed by atoms with Crippen molar-refractivity contribution in [2.45, 2.75) is 59.8 Å². The maximum atomic E-state index is 14.0. The van der Waals surface area contributed by atoms with Crippen LogP contribution < -0.4 is 15.4 Å². The highest BCUT2D eigenvalue weighted by Crippen LogP contribution is 2.38. The van der Waals surface area contributed by atoms with Crippen molar-refractivity contribution in [2.75, 3.05) is 72.2 Å². The average Bonchev–Trinajstić information content (AvgIpc) is 3.16. The van der Waals surface area contributed by atoms with Crippen molar-refractivity contribution in [1.82, 2.24) is 10.2 Å². The van der Waals surface area contributed by atoms with Crippen LogP contribution in [0.25, 0.3) is 5.76 Å². The Labute approximate surface area is 326 Å². The molecule has 0 atom stereocenters. The average molecular weight is 769 g/mol. The van der Waals surface area contributed by atoms with Crippen molar-refractivity contribution in [1.29, 1.82) is 0 Å². The Kier molecular flexibility index (Phi) is 19.5. The molecule has 10 nitrogen and oxygen atoms in total. The summed E-state index contributed by atoms with van der Waals surface area (Å²) in [4.78, 5) is 19.1. The van der Waals surface area contributed by atoms with Gasteiger partial charge in [0, 0.05) is 50.5 Å². The lowest BCUT2D eigenvalue weighted by Crippen LogP contribution is -2.51. The summed E-state index contributed by atoms with van der Waals surface area (Å²) in [7, 11) is 3.36. The normalized spacial score (nSPS) is 18.6. The fourth-order valence-corrected chi connectivity index (χ4v) is 6.18. The lowest BCUT2D eigenvalue weighted by atomic mass is 9.77. The summed E-state index contributed by atoms with van der Waals surface area (Å²) in [6.07, 6.45) is 12.2. The van der Waals surface area contributed by atoms with Crippen molar-refractivity contribution < 1.29 is 32.9 Å². The zero-order chi connectivity index (χ0) is 39.3. The highest BCUT2D eigenvalue weighted by molar-refractivity contribution is 6.32. The molecule has 1 spiro atoms. The topological polar surface area (TPSA) is 103 Å². The highest BCUT2D eigenvalue weighted by Gasteiger charge is 2.40. The predicted octanol–water partition coefficient (Wildman–Crippen LogP) is 9.54. The SMILES string of the molecule is C=Nc1ccc(OC)cc1/C(=C\C)OC1=CCC/C=C(NC(=O)Nc2cc(C)ccc2F)\C(Cl)=C/1.CCOCC.COCCCN1CCC2(CC1)COC2. The van der Waals surface area contributed by atoms with Gasteiger partial charge in [0.1, 0.15) is 23.1 Å². The summed E-state index contributed by atoms with van der Waals surface area (Å²) < 4.78 is 40.7. The summed E-state index contributed by atoms with van der Waals surface area (Å²) in [5.41, 5.74) is 3.23. The standard InChI is InChI=1S/C27H27ClFN3O3.C11H21NO2.C4H10O/c1-5-26(20-15-18(34-4)11-13-23(20)30-3)35-19-8-6-7-9-24(21(28)16-19)31-27(33)32-25-14-17(2)10-12-22(25)29;1-13-8-2-5-12-6-3-11(4-7-12)9-14-10-11;1-3-5-4-2/h5,8-16H,3,6-7H2,1-2,4H3,(H2,31,32,33);2-10H2,1H3;3-4H2,1-2H3/b19-8?,21-16+,24-9+,26-5+;;. The molecule has 0 radical (unpaired) electrons. The van der Waals surface area contributed by atoms with E-state index >= 15 is 0 Å². The second-order valence-corrected chi connectivity index (χ2v) is 13.5. The summed E-state index contributed by atoms with van der Waals surface area (Å²) >= 11 is 6.52. The van der Waals surface area contributed by atoms with Gasteiger partial charge in [0.25, 0.3) is 0 Å². The van der Waals surface area contributed by atoms with Crippen LogP contribution in [0.3, 0.4) is 0 Å². The second-order valence-electron chi connectivity index (χ2n) is 13.1. The van der Waals surface area contributed by atoms with Gasteiger partial charge in [-0.15, -0.1) is 0 Å². The number of aliphatic imine (C=N–C) groups is 1. The van der Waals surface area contributed by atoms with Gasteiger partial charge in [0.15, 0.2) is 0 Å². The monoisotopic (exact) mass is 768 g/mol. The van der Waals surface area contributed by atoms with Crippen LogP contribution in [0.5, 0.6) is 5.75 Å².